The van der Waals surface area contributed by atoms with E-state index in [-0.39, 0.29) is 23.5 Å². The molecule has 1 atom stereocenters. The maximum Gasteiger partial charge on any atom is 0.282 e. The fourth-order valence-corrected chi connectivity index (χ4v) is 3.50. The van der Waals surface area contributed by atoms with Gasteiger partial charge in [0.2, 0.25) is 0 Å². The van der Waals surface area contributed by atoms with E-state index < -0.39 is 4.92 Å². The molecular formula is C20H24FN4O3+. The van der Waals surface area contributed by atoms with Crippen LogP contribution >= 0.6 is 0 Å². The fourth-order valence-electron chi connectivity index (χ4n) is 3.50. The van der Waals surface area contributed by atoms with Crippen molar-refractivity contribution in [3.05, 3.63) is 64.0 Å². The Morgan fingerprint density at radius 3 is 2.54 bits per heavy atom. The summed E-state index contributed by atoms with van der Waals surface area (Å²) in [6.45, 7) is 6.39. The highest BCUT2D eigenvalue weighted by molar-refractivity contribution is 5.94. The molecule has 1 amide bonds. The normalized spacial score (nSPS) is 15.9. The zero-order valence-electron chi connectivity index (χ0n) is 15.9. The number of amides is 1. The summed E-state index contributed by atoms with van der Waals surface area (Å²) in [6.07, 6.45) is 0. The van der Waals surface area contributed by atoms with Gasteiger partial charge >= 0.3 is 0 Å². The lowest BCUT2D eigenvalue weighted by molar-refractivity contribution is -0.914. The molecule has 2 N–H and O–H groups in total. The van der Waals surface area contributed by atoms with E-state index in [9.17, 15) is 19.3 Å². The minimum atomic E-state index is -0.458. The molecule has 1 saturated heterocycles. The number of anilines is 2. The predicted molar refractivity (Wildman–Crippen MR) is 105 cm³/mol. The van der Waals surface area contributed by atoms with Gasteiger partial charge in [-0.1, -0.05) is 12.1 Å². The van der Waals surface area contributed by atoms with Gasteiger partial charge in [0, 0.05) is 17.8 Å². The van der Waals surface area contributed by atoms with E-state index in [0.29, 0.717) is 30.0 Å². The number of benzene rings is 2. The fraction of sp³-hybridized carbons (Fsp3) is 0.350. The van der Waals surface area contributed by atoms with E-state index in [1.54, 1.807) is 25.1 Å². The Kier molecular flexibility index (Phi) is 5.89. The molecule has 148 valence electrons. The lowest BCUT2D eigenvalue weighted by Gasteiger charge is -2.36. The van der Waals surface area contributed by atoms with Crippen molar-refractivity contribution in [2.75, 3.05) is 36.4 Å². The molecule has 0 saturated carbocycles. The highest BCUT2D eigenvalue weighted by atomic mass is 19.1. The van der Waals surface area contributed by atoms with E-state index in [1.807, 2.05) is 17.9 Å². The van der Waals surface area contributed by atoms with Crippen LogP contribution in [0.2, 0.25) is 0 Å². The largest absolute Gasteiger partial charge is 0.358 e. The summed E-state index contributed by atoms with van der Waals surface area (Å²) in [6, 6.07) is 10.8. The SMILES string of the molecule is Cc1cc([N+](=O)[O-])ccc1NC(=O)[C@@H](C)[NH+]1CCN(c2ccccc2F)CC1. The Bertz CT molecular complexity index is 882. The Morgan fingerprint density at radius 1 is 1.25 bits per heavy atom. The van der Waals surface area contributed by atoms with E-state index in [0.717, 1.165) is 18.0 Å². The third kappa shape index (κ3) is 4.28. The number of carbonyl (C=O) groups excluding carboxylic acids is 1. The number of nitro groups is 1. The first kappa shape index (κ1) is 19.8. The molecule has 1 aliphatic heterocycles. The summed E-state index contributed by atoms with van der Waals surface area (Å²) >= 11 is 0. The van der Waals surface area contributed by atoms with Crippen LogP contribution in [0, 0.1) is 22.9 Å². The van der Waals surface area contributed by atoms with Crippen LogP contribution < -0.4 is 15.1 Å². The minimum absolute atomic E-state index is 0.00145. The van der Waals surface area contributed by atoms with Gasteiger partial charge < -0.3 is 15.1 Å². The van der Waals surface area contributed by atoms with Crippen molar-refractivity contribution in [3.63, 3.8) is 0 Å². The highest BCUT2D eigenvalue weighted by Gasteiger charge is 2.30. The number of quaternary nitrogens is 1. The third-order valence-corrected chi connectivity index (χ3v) is 5.28. The van der Waals surface area contributed by atoms with Crippen LogP contribution in [-0.2, 0) is 4.79 Å². The van der Waals surface area contributed by atoms with Gasteiger partial charge in [-0.25, -0.2) is 4.39 Å². The van der Waals surface area contributed by atoms with Crippen LogP contribution in [0.3, 0.4) is 0 Å². The molecule has 0 aliphatic carbocycles. The second-order valence-electron chi connectivity index (χ2n) is 7.06. The van der Waals surface area contributed by atoms with Gasteiger partial charge in [0.05, 0.1) is 36.8 Å². The molecule has 3 rings (SSSR count). The first-order valence-electron chi connectivity index (χ1n) is 9.27. The summed E-state index contributed by atoms with van der Waals surface area (Å²) in [7, 11) is 0. The summed E-state index contributed by atoms with van der Waals surface area (Å²) in [5.74, 6) is -0.364. The highest BCUT2D eigenvalue weighted by Crippen LogP contribution is 2.21. The number of non-ortho nitro benzene ring substituents is 1. The number of nitrogens with zero attached hydrogens (tertiary/aromatic N) is 2. The quantitative estimate of drug-likeness (QED) is 0.605. The van der Waals surface area contributed by atoms with Gasteiger partial charge in [-0.05, 0) is 37.6 Å². The zero-order chi connectivity index (χ0) is 20.3. The van der Waals surface area contributed by atoms with Gasteiger partial charge in [0.15, 0.2) is 6.04 Å². The van der Waals surface area contributed by atoms with E-state index in [1.165, 1.54) is 18.2 Å². The van der Waals surface area contributed by atoms with Crippen LogP contribution in [0.4, 0.5) is 21.5 Å². The number of halogens is 1. The molecule has 2 aromatic carbocycles. The number of piperazine rings is 1. The zero-order valence-corrected chi connectivity index (χ0v) is 15.9. The average molecular weight is 387 g/mol. The van der Waals surface area contributed by atoms with E-state index >= 15 is 0 Å². The Labute approximate surface area is 162 Å². The summed E-state index contributed by atoms with van der Waals surface area (Å²) in [5.41, 5.74) is 1.82. The molecule has 7 nitrogen and oxygen atoms in total. The van der Waals surface area contributed by atoms with Crippen LogP contribution in [0.5, 0.6) is 0 Å². The van der Waals surface area contributed by atoms with Crippen LogP contribution in [-0.4, -0.2) is 43.1 Å². The molecule has 0 aromatic heterocycles. The van der Waals surface area contributed by atoms with Crippen molar-refractivity contribution in [2.45, 2.75) is 19.9 Å². The van der Waals surface area contributed by atoms with Crippen molar-refractivity contribution >= 4 is 23.0 Å². The molecule has 1 heterocycles. The molecule has 0 radical (unpaired) electrons. The van der Waals surface area contributed by atoms with Crippen LogP contribution in [0.1, 0.15) is 12.5 Å². The number of nitrogens with one attached hydrogen (secondary N) is 2. The third-order valence-electron chi connectivity index (χ3n) is 5.28. The molecule has 8 heteroatoms. The first-order valence-corrected chi connectivity index (χ1v) is 9.27. The van der Waals surface area contributed by atoms with Gasteiger partial charge in [-0.3, -0.25) is 14.9 Å². The van der Waals surface area contributed by atoms with Gasteiger partial charge in [0.1, 0.15) is 5.82 Å². The Balaban J connectivity index is 1.59. The number of rotatable bonds is 5. The minimum Gasteiger partial charge on any atom is -0.358 e. The topological polar surface area (TPSA) is 79.9 Å². The van der Waals surface area contributed by atoms with Crippen LogP contribution in [0.15, 0.2) is 42.5 Å². The summed E-state index contributed by atoms with van der Waals surface area (Å²) in [4.78, 5) is 26.2. The van der Waals surface area contributed by atoms with Gasteiger partial charge in [0.25, 0.3) is 11.6 Å². The molecule has 1 aliphatic rings. The predicted octanol–water partition coefficient (Wildman–Crippen LogP) is 1.77. The number of hydrogen-bond acceptors (Lipinski definition) is 4. The van der Waals surface area contributed by atoms with Crippen molar-refractivity contribution in [2.24, 2.45) is 0 Å². The molecule has 0 unspecified atom stereocenters. The second-order valence-corrected chi connectivity index (χ2v) is 7.06. The lowest BCUT2D eigenvalue weighted by atomic mass is 10.1. The monoisotopic (exact) mass is 387 g/mol. The number of hydrogen-bond donors (Lipinski definition) is 2. The molecule has 0 bridgehead atoms. The molecular weight excluding hydrogens is 363 g/mol. The molecule has 0 spiro atoms. The van der Waals surface area contributed by atoms with Gasteiger partial charge in [-0.15, -0.1) is 0 Å². The molecule has 28 heavy (non-hydrogen) atoms. The number of para-hydroxylation sites is 1. The maximum absolute atomic E-state index is 14.0. The Morgan fingerprint density at radius 2 is 1.93 bits per heavy atom. The van der Waals surface area contributed by atoms with Crippen molar-refractivity contribution in [1.29, 1.82) is 0 Å². The number of aryl methyl sites for hydroxylation is 1. The van der Waals surface area contributed by atoms with Crippen LogP contribution in [0.25, 0.3) is 0 Å². The number of nitro benzene ring substituents is 1. The first-order chi connectivity index (χ1) is 13.4. The van der Waals surface area contributed by atoms with E-state index in [2.05, 4.69) is 5.32 Å². The van der Waals surface area contributed by atoms with Crippen molar-refractivity contribution in [1.82, 2.24) is 0 Å². The number of carbonyl (C=O) groups is 1. The maximum atomic E-state index is 14.0. The van der Waals surface area contributed by atoms with E-state index in [4.69, 9.17) is 0 Å². The van der Waals surface area contributed by atoms with Gasteiger partial charge in [-0.2, -0.15) is 0 Å². The Hall–Kier alpha value is -3.00. The second kappa shape index (κ2) is 8.35. The lowest BCUT2D eigenvalue weighted by Crippen LogP contribution is -3.19. The van der Waals surface area contributed by atoms with Crippen molar-refractivity contribution < 1.29 is 19.0 Å². The molecule has 1 fully saturated rings. The average Bonchev–Trinajstić information content (AvgIpc) is 2.69. The standard InChI is InChI=1S/C20H23FN4O3/c1-14-13-16(25(27)28)7-8-18(14)22-20(26)15(2)23-9-11-24(12-10-23)19-6-4-3-5-17(19)21/h3-8,13,15H,9-12H2,1-2H3,(H,22,26)/p+1/t15-/m1/s1. The smallest absolute Gasteiger partial charge is 0.282 e. The summed E-state index contributed by atoms with van der Waals surface area (Å²) < 4.78 is 14.0. The van der Waals surface area contributed by atoms with Crippen molar-refractivity contribution in [3.8, 4) is 0 Å². The summed E-state index contributed by atoms with van der Waals surface area (Å²) in [5, 5.41) is 13.7. The molecule has 2 aromatic rings.